The van der Waals surface area contributed by atoms with Gasteiger partial charge in [0.25, 0.3) is 5.91 Å². The Morgan fingerprint density at radius 2 is 1.97 bits per heavy atom. The largest absolute Gasteiger partial charge is 0.355 e. The lowest BCUT2D eigenvalue weighted by atomic mass is 10.1. The number of aromatic nitrogens is 2. The average Bonchev–Trinajstić information content (AvgIpc) is 3.20. The summed E-state index contributed by atoms with van der Waals surface area (Å²) in [5.74, 6) is 1.84. The molecule has 0 spiro atoms. The molecule has 1 aliphatic heterocycles. The third kappa shape index (κ3) is 5.36. The number of hydrogen-bond acceptors (Lipinski definition) is 6. The van der Waals surface area contributed by atoms with Gasteiger partial charge >= 0.3 is 0 Å². The van der Waals surface area contributed by atoms with E-state index >= 15 is 0 Å². The molecule has 0 saturated carbocycles. The molecule has 3 heterocycles. The van der Waals surface area contributed by atoms with Gasteiger partial charge in [0.2, 0.25) is 0 Å². The van der Waals surface area contributed by atoms with E-state index in [2.05, 4.69) is 39.5 Å². The molecule has 0 bridgehead atoms. The highest BCUT2D eigenvalue weighted by atomic mass is 32.2. The molecular weight excluding hydrogens is 400 g/mol. The van der Waals surface area contributed by atoms with Gasteiger partial charge in [0.05, 0.1) is 17.3 Å². The van der Waals surface area contributed by atoms with Gasteiger partial charge in [-0.25, -0.2) is 4.98 Å². The summed E-state index contributed by atoms with van der Waals surface area (Å²) in [7, 11) is 0. The van der Waals surface area contributed by atoms with E-state index in [1.54, 1.807) is 23.1 Å². The van der Waals surface area contributed by atoms with Crippen LogP contribution in [0.1, 0.15) is 33.0 Å². The molecule has 0 aliphatic carbocycles. The number of piperidine rings is 1. The summed E-state index contributed by atoms with van der Waals surface area (Å²) in [5.41, 5.74) is 1.28. The van der Waals surface area contributed by atoms with Crippen LogP contribution in [0.25, 0.3) is 0 Å². The smallest absolute Gasteiger partial charge is 0.261 e. The fourth-order valence-corrected chi connectivity index (χ4v) is 4.93. The van der Waals surface area contributed by atoms with E-state index in [1.807, 2.05) is 37.5 Å². The number of thioether (sulfide) groups is 1. The number of thiophene rings is 1. The second-order valence-corrected chi connectivity index (χ2v) is 9.42. The Morgan fingerprint density at radius 1 is 1.17 bits per heavy atom. The van der Waals surface area contributed by atoms with Gasteiger partial charge in [-0.1, -0.05) is 30.3 Å². The number of amides is 1. The molecular formula is C22H24N4OS2. The number of nitrogens with one attached hydrogen (secondary N) is 1. The second kappa shape index (κ2) is 9.41. The lowest BCUT2D eigenvalue weighted by Gasteiger charge is -2.33. The maximum absolute atomic E-state index is 12.4. The molecule has 0 atom stereocenters. The summed E-state index contributed by atoms with van der Waals surface area (Å²) in [5, 5.41) is 4.11. The van der Waals surface area contributed by atoms with Crippen molar-refractivity contribution in [1.29, 1.82) is 0 Å². The zero-order valence-corrected chi connectivity index (χ0v) is 18.0. The van der Waals surface area contributed by atoms with Crippen molar-refractivity contribution >= 4 is 34.8 Å². The molecule has 0 unspecified atom stereocenters. The topological polar surface area (TPSA) is 58.1 Å². The molecule has 7 heteroatoms. The predicted octanol–water partition coefficient (Wildman–Crippen LogP) is 4.54. The number of carbonyl (C=O) groups is 1. The first-order chi connectivity index (χ1) is 14.2. The van der Waals surface area contributed by atoms with Gasteiger partial charge in [0, 0.05) is 29.8 Å². The third-order valence-corrected chi connectivity index (χ3v) is 6.92. The van der Waals surface area contributed by atoms with Crippen molar-refractivity contribution in [2.45, 2.75) is 36.6 Å². The minimum absolute atomic E-state index is 0.0423. The number of anilines is 1. The molecule has 1 fully saturated rings. The van der Waals surface area contributed by atoms with Gasteiger partial charge in [0.15, 0.2) is 0 Å². The van der Waals surface area contributed by atoms with E-state index in [0.29, 0.717) is 0 Å². The highest BCUT2D eigenvalue weighted by Crippen LogP contribution is 2.24. The first-order valence-corrected chi connectivity index (χ1v) is 11.6. The van der Waals surface area contributed by atoms with Crippen molar-refractivity contribution in [3.05, 3.63) is 70.2 Å². The Labute approximate surface area is 179 Å². The molecule has 1 aromatic carbocycles. The fourth-order valence-electron chi connectivity index (χ4n) is 3.36. The molecule has 150 valence electrons. The van der Waals surface area contributed by atoms with Gasteiger partial charge in [0.1, 0.15) is 10.8 Å². The van der Waals surface area contributed by atoms with Gasteiger partial charge < -0.3 is 10.2 Å². The fraction of sp³-hybridized carbons (Fsp3) is 0.318. The molecule has 1 amide bonds. The van der Waals surface area contributed by atoms with Crippen LogP contribution in [0.15, 0.2) is 59.9 Å². The Kier molecular flexibility index (Phi) is 6.46. The van der Waals surface area contributed by atoms with Crippen molar-refractivity contribution < 1.29 is 4.79 Å². The summed E-state index contributed by atoms with van der Waals surface area (Å²) in [6.07, 6.45) is 5.49. The van der Waals surface area contributed by atoms with E-state index in [9.17, 15) is 4.79 Å². The van der Waals surface area contributed by atoms with E-state index in [-0.39, 0.29) is 11.9 Å². The summed E-state index contributed by atoms with van der Waals surface area (Å²) >= 11 is 3.25. The van der Waals surface area contributed by atoms with Crippen molar-refractivity contribution in [1.82, 2.24) is 15.3 Å². The number of benzene rings is 1. The summed E-state index contributed by atoms with van der Waals surface area (Å²) in [4.78, 5) is 25.8. The molecule has 1 saturated heterocycles. The Hall–Kier alpha value is -2.38. The van der Waals surface area contributed by atoms with E-state index in [1.165, 1.54) is 5.56 Å². The normalized spacial score (nSPS) is 14.7. The SMILES string of the molecule is Cc1ccc(C(=O)NC2CCN(c3cncc(SCc4ccccc4)n3)CC2)s1. The molecule has 1 aliphatic rings. The lowest BCUT2D eigenvalue weighted by Crippen LogP contribution is -2.44. The van der Waals surface area contributed by atoms with Crippen molar-refractivity contribution in [2.24, 2.45) is 0 Å². The average molecular weight is 425 g/mol. The van der Waals surface area contributed by atoms with Crippen LogP contribution in [0.4, 0.5) is 5.82 Å². The summed E-state index contributed by atoms with van der Waals surface area (Å²) < 4.78 is 0. The second-order valence-electron chi connectivity index (χ2n) is 7.13. The molecule has 2 aromatic heterocycles. The van der Waals surface area contributed by atoms with Crippen molar-refractivity contribution in [3.63, 3.8) is 0 Å². The molecule has 29 heavy (non-hydrogen) atoms. The molecule has 1 N–H and O–H groups in total. The predicted molar refractivity (Wildman–Crippen MR) is 120 cm³/mol. The van der Waals surface area contributed by atoms with Crippen LogP contribution in [0.3, 0.4) is 0 Å². The van der Waals surface area contributed by atoms with Crippen LogP contribution in [-0.4, -0.2) is 35.0 Å². The number of aryl methyl sites for hydroxylation is 1. The Bertz CT molecular complexity index is 952. The van der Waals surface area contributed by atoms with E-state index in [0.717, 1.165) is 52.3 Å². The van der Waals surface area contributed by atoms with Gasteiger partial charge in [-0.05, 0) is 37.5 Å². The van der Waals surface area contributed by atoms with E-state index < -0.39 is 0 Å². The molecule has 3 aromatic rings. The van der Waals surface area contributed by atoms with Crippen molar-refractivity contribution in [3.8, 4) is 0 Å². The van der Waals surface area contributed by atoms with Gasteiger partial charge in [-0.2, -0.15) is 0 Å². The first-order valence-electron chi connectivity index (χ1n) is 9.78. The van der Waals surface area contributed by atoms with Crippen LogP contribution in [-0.2, 0) is 5.75 Å². The van der Waals surface area contributed by atoms with Crippen LogP contribution in [0.2, 0.25) is 0 Å². The maximum Gasteiger partial charge on any atom is 0.261 e. The zero-order valence-electron chi connectivity index (χ0n) is 16.4. The van der Waals surface area contributed by atoms with Crippen LogP contribution in [0.5, 0.6) is 0 Å². The quantitative estimate of drug-likeness (QED) is 0.589. The monoisotopic (exact) mass is 424 g/mol. The Morgan fingerprint density at radius 3 is 2.69 bits per heavy atom. The minimum atomic E-state index is 0.0423. The number of rotatable bonds is 6. The van der Waals surface area contributed by atoms with E-state index in [4.69, 9.17) is 4.98 Å². The maximum atomic E-state index is 12.4. The summed E-state index contributed by atoms with van der Waals surface area (Å²) in [6.45, 7) is 3.76. The summed E-state index contributed by atoms with van der Waals surface area (Å²) in [6, 6.07) is 14.5. The molecule has 0 radical (unpaired) electrons. The third-order valence-electron chi connectivity index (χ3n) is 4.95. The Balaban J connectivity index is 1.29. The van der Waals surface area contributed by atoms with Gasteiger partial charge in [-0.15, -0.1) is 23.1 Å². The molecule has 4 rings (SSSR count). The standard InChI is InChI=1S/C22H24N4OS2/c1-16-7-8-19(29-16)22(27)24-18-9-11-26(12-10-18)20-13-23-14-21(25-20)28-15-17-5-3-2-4-6-17/h2-8,13-14,18H,9-12,15H2,1H3,(H,24,27). The number of carbonyl (C=O) groups excluding carboxylic acids is 1. The van der Waals surface area contributed by atoms with Crippen LogP contribution in [0, 0.1) is 6.92 Å². The van der Waals surface area contributed by atoms with Crippen LogP contribution < -0.4 is 10.2 Å². The number of nitrogens with zero attached hydrogens (tertiary/aromatic N) is 3. The number of hydrogen-bond donors (Lipinski definition) is 1. The zero-order chi connectivity index (χ0) is 20.1. The van der Waals surface area contributed by atoms with Crippen LogP contribution >= 0.6 is 23.1 Å². The lowest BCUT2D eigenvalue weighted by molar-refractivity contribution is 0.0935. The van der Waals surface area contributed by atoms with Gasteiger partial charge in [-0.3, -0.25) is 9.78 Å². The minimum Gasteiger partial charge on any atom is -0.355 e. The molecule has 5 nitrogen and oxygen atoms in total. The highest BCUT2D eigenvalue weighted by Gasteiger charge is 2.22. The first kappa shape index (κ1) is 19.9. The van der Waals surface area contributed by atoms with Crippen molar-refractivity contribution in [2.75, 3.05) is 18.0 Å². The highest BCUT2D eigenvalue weighted by molar-refractivity contribution is 7.98.